The second-order valence-electron chi connectivity index (χ2n) is 5.38. The minimum absolute atomic E-state index is 0.0599. The Hall–Kier alpha value is -2.62. The lowest BCUT2D eigenvalue weighted by Gasteiger charge is -2.24. The van der Waals surface area contributed by atoms with E-state index < -0.39 is 0 Å². The highest BCUT2D eigenvalue weighted by Crippen LogP contribution is 2.28. The highest BCUT2D eigenvalue weighted by atomic mass is 35.5. The molecule has 0 unspecified atom stereocenters. The van der Waals surface area contributed by atoms with Crippen LogP contribution in [0.4, 0.5) is 11.4 Å². The van der Waals surface area contributed by atoms with E-state index in [0.29, 0.717) is 6.54 Å². The van der Waals surface area contributed by atoms with Crippen LogP contribution in [-0.2, 0) is 11.4 Å². The van der Waals surface area contributed by atoms with E-state index in [0.717, 1.165) is 16.9 Å². The third-order valence-corrected chi connectivity index (χ3v) is 3.77. The summed E-state index contributed by atoms with van der Waals surface area (Å²) in [5.74, 6) is 0. The van der Waals surface area contributed by atoms with E-state index in [1.807, 2.05) is 79.0 Å². The van der Waals surface area contributed by atoms with Crippen LogP contribution >= 0.6 is 11.6 Å². The van der Waals surface area contributed by atoms with Gasteiger partial charge in [-0.3, -0.25) is 9.83 Å². The van der Waals surface area contributed by atoms with E-state index in [2.05, 4.69) is 17.1 Å². The maximum absolute atomic E-state index is 5.84. The molecule has 0 bridgehead atoms. The molecule has 4 heteroatoms. The van der Waals surface area contributed by atoms with Gasteiger partial charge in [0.05, 0.1) is 17.9 Å². The van der Waals surface area contributed by atoms with E-state index in [1.165, 1.54) is 5.56 Å². The molecule has 0 spiro atoms. The molecule has 0 aromatic heterocycles. The number of hydrogen-bond acceptors (Lipinski definition) is 3. The Kier molecular flexibility index (Phi) is 6.21. The van der Waals surface area contributed by atoms with Crippen LogP contribution in [-0.4, -0.2) is 12.3 Å². The highest BCUT2D eigenvalue weighted by molar-refractivity contribution is 6.17. The van der Waals surface area contributed by atoms with Gasteiger partial charge in [0, 0.05) is 11.8 Å². The van der Waals surface area contributed by atoms with Gasteiger partial charge in [-0.15, -0.1) is 0 Å². The van der Waals surface area contributed by atoms with Crippen LogP contribution in [0, 0.1) is 0 Å². The zero-order valence-corrected chi connectivity index (χ0v) is 14.5. The fraction of sp³-hybridized carbons (Fsp3) is 0.0952. The summed E-state index contributed by atoms with van der Waals surface area (Å²) in [6.07, 6.45) is 1.87. The number of anilines is 2. The Morgan fingerprint density at radius 2 is 1.48 bits per heavy atom. The van der Waals surface area contributed by atoms with Crippen LogP contribution in [0.3, 0.4) is 0 Å². The van der Waals surface area contributed by atoms with Crippen LogP contribution in [0.15, 0.2) is 89.9 Å². The fourth-order valence-electron chi connectivity index (χ4n) is 2.51. The molecule has 25 heavy (non-hydrogen) atoms. The summed E-state index contributed by atoms with van der Waals surface area (Å²) in [6, 6.07) is 28.0. The SMILES string of the molecule is ClCON(c1ccccc1)c1ccccc1C=NCc1ccccc1. The molecule has 0 heterocycles. The van der Waals surface area contributed by atoms with Gasteiger partial charge in [-0.05, 0) is 23.8 Å². The molecule has 0 N–H and O–H groups in total. The van der Waals surface area contributed by atoms with Gasteiger partial charge in [0.25, 0.3) is 0 Å². The number of benzene rings is 3. The largest absolute Gasteiger partial charge is 0.288 e. The first kappa shape index (κ1) is 17.2. The van der Waals surface area contributed by atoms with Crippen LogP contribution < -0.4 is 5.06 Å². The highest BCUT2D eigenvalue weighted by Gasteiger charge is 2.12. The van der Waals surface area contributed by atoms with Crippen molar-refractivity contribution >= 4 is 29.2 Å². The average molecular weight is 351 g/mol. The maximum atomic E-state index is 5.84. The molecule has 3 rings (SSSR count). The van der Waals surface area contributed by atoms with Gasteiger partial charge in [-0.2, -0.15) is 0 Å². The van der Waals surface area contributed by atoms with Gasteiger partial charge in [0.1, 0.15) is 6.07 Å². The average Bonchev–Trinajstić information content (AvgIpc) is 2.68. The molecule has 0 atom stereocenters. The molecule has 0 radical (unpaired) electrons. The molecule has 0 fully saturated rings. The van der Waals surface area contributed by atoms with Crippen LogP contribution in [0.5, 0.6) is 0 Å². The van der Waals surface area contributed by atoms with E-state index >= 15 is 0 Å². The van der Waals surface area contributed by atoms with Gasteiger partial charge in [0.15, 0.2) is 0 Å². The lowest BCUT2D eigenvalue weighted by molar-refractivity contribution is 0.181. The lowest BCUT2D eigenvalue weighted by Crippen LogP contribution is -2.18. The molecule has 0 aliphatic rings. The number of rotatable bonds is 7. The molecule has 126 valence electrons. The summed E-state index contributed by atoms with van der Waals surface area (Å²) in [5, 5.41) is 1.73. The predicted molar refractivity (Wildman–Crippen MR) is 105 cm³/mol. The molecule has 3 aromatic carbocycles. The van der Waals surface area contributed by atoms with E-state index in [1.54, 1.807) is 5.06 Å². The standard InChI is InChI=1S/C21H19ClN2O/c22-17-25-24(20-12-5-2-6-13-20)21-14-8-7-11-19(21)16-23-15-18-9-3-1-4-10-18/h1-14,16H,15,17H2. The van der Waals surface area contributed by atoms with Crippen molar-refractivity contribution in [1.82, 2.24) is 0 Å². The zero-order chi connectivity index (χ0) is 17.3. The van der Waals surface area contributed by atoms with Crippen LogP contribution in [0.1, 0.15) is 11.1 Å². The summed E-state index contributed by atoms with van der Waals surface area (Å²) in [6.45, 7) is 0.636. The van der Waals surface area contributed by atoms with Crippen molar-refractivity contribution in [2.45, 2.75) is 6.54 Å². The van der Waals surface area contributed by atoms with E-state index in [9.17, 15) is 0 Å². The van der Waals surface area contributed by atoms with Crippen molar-refractivity contribution in [3.05, 3.63) is 96.1 Å². The maximum Gasteiger partial charge on any atom is 0.149 e. The van der Waals surface area contributed by atoms with Crippen molar-refractivity contribution in [2.24, 2.45) is 4.99 Å². The van der Waals surface area contributed by atoms with E-state index in [-0.39, 0.29) is 6.07 Å². The first-order valence-corrected chi connectivity index (χ1v) is 8.59. The van der Waals surface area contributed by atoms with E-state index in [4.69, 9.17) is 16.4 Å². The Balaban J connectivity index is 1.86. The smallest absolute Gasteiger partial charge is 0.149 e. The van der Waals surface area contributed by atoms with Crippen LogP contribution in [0.2, 0.25) is 0 Å². The fourth-order valence-corrected chi connectivity index (χ4v) is 2.61. The number of alkyl halides is 1. The number of aliphatic imine (C=N–C) groups is 1. The van der Waals surface area contributed by atoms with Gasteiger partial charge in [0.2, 0.25) is 0 Å². The van der Waals surface area contributed by atoms with Gasteiger partial charge in [-0.25, -0.2) is 5.06 Å². The van der Waals surface area contributed by atoms with Gasteiger partial charge >= 0.3 is 0 Å². The lowest BCUT2D eigenvalue weighted by atomic mass is 10.1. The molecular weight excluding hydrogens is 332 g/mol. The quantitative estimate of drug-likeness (QED) is 0.316. The van der Waals surface area contributed by atoms with Crippen molar-refractivity contribution < 1.29 is 4.84 Å². The van der Waals surface area contributed by atoms with Crippen molar-refractivity contribution in [2.75, 3.05) is 11.1 Å². The summed E-state index contributed by atoms with van der Waals surface area (Å²) in [4.78, 5) is 10.2. The topological polar surface area (TPSA) is 24.8 Å². The molecule has 3 aromatic rings. The van der Waals surface area contributed by atoms with Crippen molar-refractivity contribution in [3.8, 4) is 0 Å². The van der Waals surface area contributed by atoms with Gasteiger partial charge < -0.3 is 0 Å². The zero-order valence-electron chi connectivity index (χ0n) is 13.8. The number of hydrogen-bond donors (Lipinski definition) is 0. The molecule has 0 aliphatic heterocycles. The Labute approximate surface area is 153 Å². The van der Waals surface area contributed by atoms with Crippen molar-refractivity contribution in [3.63, 3.8) is 0 Å². The number of nitrogens with zero attached hydrogens (tertiary/aromatic N) is 2. The first-order valence-electron chi connectivity index (χ1n) is 8.05. The Bertz CT molecular complexity index is 806. The molecular formula is C21H19ClN2O. The monoisotopic (exact) mass is 350 g/mol. The van der Waals surface area contributed by atoms with Crippen molar-refractivity contribution in [1.29, 1.82) is 0 Å². The number of para-hydroxylation sites is 2. The normalized spacial score (nSPS) is 10.9. The third kappa shape index (κ3) is 4.69. The predicted octanol–water partition coefficient (Wildman–Crippen LogP) is 5.57. The first-order chi connectivity index (χ1) is 12.4. The minimum atomic E-state index is 0.0599. The summed E-state index contributed by atoms with van der Waals surface area (Å²) in [7, 11) is 0. The summed E-state index contributed by atoms with van der Waals surface area (Å²) in [5.41, 5.74) is 3.94. The molecule has 0 aliphatic carbocycles. The van der Waals surface area contributed by atoms with Crippen LogP contribution in [0.25, 0.3) is 0 Å². The molecule has 0 saturated heterocycles. The van der Waals surface area contributed by atoms with Gasteiger partial charge in [-0.1, -0.05) is 78.3 Å². The Morgan fingerprint density at radius 1 is 0.840 bits per heavy atom. The summed E-state index contributed by atoms with van der Waals surface area (Å²) < 4.78 is 0. The number of halogens is 1. The summed E-state index contributed by atoms with van der Waals surface area (Å²) >= 11 is 5.84. The second-order valence-corrected chi connectivity index (χ2v) is 5.60. The molecule has 3 nitrogen and oxygen atoms in total. The third-order valence-electron chi connectivity index (χ3n) is 3.67. The Morgan fingerprint density at radius 3 is 2.20 bits per heavy atom. The second kappa shape index (κ2) is 9.02. The molecule has 0 saturated carbocycles. The molecule has 0 amide bonds. The minimum Gasteiger partial charge on any atom is -0.288 e.